The maximum absolute atomic E-state index is 5.39. The number of hydrogen-bond donors (Lipinski definition) is 2. The molecule has 10 heteroatoms. The Hall–Kier alpha value is -2.24. The third-order valence-electron chi connectivity index (χ3n) is 5.11. The zero-order valence-corrected chi connectivity index (χ0v) is 20.4. The molecule has 0 spiro atoms. The highest BCUT2D eigenvalue weighted by Gasteiger charge is 2.24. The molecular formula is C20H32IN7O2. The maximum Gasteiger partial charge on any atom is 0.191 e. The minimum absolute atomic E-state index is 0. The third kappa shape index (κ3) is 6.13. The Morgan fingerprint density at radius 2 is 1.97 bits per heavy atom. The van der Waals surface area contributed by atoms with Crippen molar-refractivity contribution in [3.05, 3.63) is 30.4 Å². The number of guanidine groups is 1. The van der Waals surface area contributed by atoms with Crippen LogP contribution in [0.1, 0.15) is 19.2 Å². The van der Waals surface area contributed by atoms with Crippen molar-refractivity contribution in [2.24, 2.45) is 4.99 Å². The van der Waals surface area contributed by atoms with Gasteiger partial charge in [0, 0.05) is 69.6 Å². The van der Waals surface area contributed by atoms with Gasteiger partial charge in [0.2, 0.25) is 0 Å². The number of methoxy groups -OCH3 is 2. The smallest absolute Gasteiger partial charge is 0.191 e. The number of aliphatic imine (C=N–C) groups is 1. The highest BCUT2D eigenvalue weighted by atomic mass is 127. The molecule has 9 nitrogen and oxygen atoms in total. The number of nitrogens with one attached hydrogen (secondary N) is 2. The Kier molecular flexibility index (Phi) is 9.47. The summed E-state index contributed by atoms with van der Waals surface area (Å²) in [5.74, 6) is 3.41. The molecule has 1 aromatic carbocycles. The van der Waals surface area contributed by atoms with Crippen LogP contribution >= 0.6 is 24.0 Å². The molecule has 3 rings (SSSR count). The van der Waals surface area contributed by atoms with Crippen LogP contribution in [0.3, 0.4) is 0 Å². The van der Waals surface area contributed by atoms with Gasteiger partial charge in [-0.3, -0.25) is 4.99 Å². The van der Waals surface area contributed by atoms with Crippen LogP contribution in [0.15, 0.2) is 29.5 Å². The molecule has 1 saturated heterocycles. The van der Waals surface area contributed by atoms with E-state index in [4.69, 9.17) is 9.47 Å². The lowest BCUT2D eigenvalue weighted by Gasteiger charge is -2.21. The van der Waals surface area contributed by atoms with Crippen molar-refractivity contribution in [1.29, 1.82) is 0 Å². The van der Waals surface area contributed by atoms with E-state index in [0.717, 1.165) is 68.0 Å². The second-order valence-corrected chi connectivity index (χ2v) is 6.94. The lowest BCUT2D eigenvalue weighted by molar-refractivity contribution is 0.394. The number of benzene rings is 1. The van der Waals surface area contributed by atoms with Gasteiger partial charge in [0.25, 0.3) is 0 Å². The first-order valence-electron chi connectivity index (χ1n) is 9.98. The lowest BCUT2D eigenvalue weighted by atomic mass is 10.2. The van der Waals surface area contributed by atoms with Crippen molar-refractivity contribution < 1.29 is 9.47 Å². The third-order valence-corrected chi connectivity index (χ3v) is 5.11. The van der Waals surface area contributed by atoms with E-state index in [0.29, 0.717) is 6.04 Å². The van der Waals surface area contributed by atoms with Gasteiger partial charge in [0.05, 0.1) is 14.2 Å². The van der Waals surface area contributed by atoms with Crippen molar-refractivity contribution in [1.82, 2.24) is 25.4 Å². The van der Waals surface area contributed by atoms with E-state index in [1.54, 1.807) is 27.6 Å². The fourth-order valence-electron chi connectivity index (χ4n) is 3.51. The summed E-state index contributed by atoms with van der Waals surface area (Å²) in [6.45, 7) is 5.50. The largest absolute Gasteiger partial charge is 0.497 e. The predicted molar refractivity (Wildman–Crippen MR) is 129 cm³/mol. The molecule has 1 aliphatic rings. The van der Waals surface area contributed by atoms with Crippen molar-refractivity contribution in [3.63, 3.8) is 0 Å². The Morgan fingerprint density at radius 3 is 2.60 bits per heavy atom. The lowest BCUT2D eigenvalue weighted by Crippen LogP contribution is -2.45. The first kappa shape index (κ1) is 24.0. The molecule has 0 aliphatic carbocycles. The number of aryl methyl sites for hydroxylation is 1. The van der Waals surface area contributed by atoms with Crippen LogP contribution in [-0.4, -0.2) is 67.7 Å². The minimum Gasteiger partial charge on any atom is -0.497 e. The molecule has 1 aromatic heterocycles. The molecule has 2 N–H and O–H groups in total. The van der Waals surface area contributed by atoms with Crippen LogP contribution in [0.4, 0.5) is 5.69 Å². The summed E-state index contributed by atoms with van der Waals surface area (Å²) in [4.78, 5) is 6.69. The summed E-state index contributed by atoms with van der Waals surface area (Å²) in [5, 5.41) is 15.0. The number of ether oxygens (including phenoxy) is 2. The predicted octanol–water partition coefficient (Wildman–Crippen LogP) is 1.92. The number of nitrogens with zero attached hydrogens (tertiary/aromatic N) is 5. The molecule has 166 valence electrons. The molecule has 1 atom stereocenters. The molecule has 0 amide bonds. The zero-order valence-electron chi connectivity index (χ0n) is 18.1. The number of halogens is 1. The zero-order chi connectivity index (χ0) is 20.6. The molecule has 1 aliphatic heterocycles. The summed E-state index contributed by atoms with van der Waals surface area (Å²) < 4.78 is 12.9. The molecule has 2 aromatic rings. The molecule has 0 radical (unpaired) electrons. The summed E-state index contributed by atoms with van der Waals surface area (Å²) in [6.07, 6.45) is 3.68. The van der Waals surface area contributed by atoms with Crippen LogP contribution < -0.4 is 25.0 Å². The second kappa shape index (κ2) is 11.8. The van der Waals surface area contributed by atoms with E-state index in [1.807, 2.05) is 18.2 Å². The maximum atomic E-state index is 5.39. The van der Waals surface area contributed by atoms with Crippen LogP contribution in [0.5, 0.6) is 11.5 Å². The van der Waals surface area contributed by atoms with Crippen molar-refractivity contribution in [3.8, 4) is 11.5 Å². The van der Waals surface area contributed by atoms with E-state index in [1.165, 1.54) is 0 Å². The number of rotatable bonds is 8. The first-order chi connectivity index (χ1) is 14.2. The standard InChI is InChI=1S/C20H31N7O2.HI/c1-5-19-25-23-14-27(19)9-7-22-20(21-2)24-15-6-8-26(13-15)16-10-17(28-3)12-18(11-16)29-4;/h10-12,14-15H,5-9,13H2,1-4H3,(H2,21,22,24);1H. The van der Waals surface area contributed by atoms with Gasteiger partial charge >= 0.3 is 0 Å². The topological polar surface area (TPSA) is 88.8 Å². The van der Waals surface area contributed by atoms with Gasteiger partial charge in [0.1, 0.15) is 23.7 Å². The van der Waals surface area contributed by atoms with E-state index >= 15 is 0 Å². The summed E-state index contributed by atoms with van der Waals surface area (Å²) in [7, 11) is 5.14. The van der Waals surface area contributed by atoms with Crippen LogP contribution in [0.2, 0.25) is 0 Å². The normalized spacial score (nSPS) is 16.2. The number of anilines is 1. The average molecular weight is 529 g/mol. The molecule has 0 saturated carbocycles. The highest BCUT2D eigenvalue weighted by Crippen LogP contribution is 2.30. The van der Waals surface area contributed by atoms with Crippen molar-refractivity contribution in [2.75, 3.05) is 45.8 Å². The van der Waals surface area contributed by atoms with Crippen LogP contribution in [-0.2, 0) is 13.0 Å². The minimum atomic E-state index is 0. The van der Waals surface area contributed by atoms with Crippen LogP contribution in [0.25, 0.3) is 0 Å². The Morgan fingerprint density at radius 1 is 1.23 bits per heavy atom. The van der Waals surface area contributed by atoms with Gasteiger partial charge in [-0.05, 0) is 6.42 Å². The van der Waals surface area contributed by atoms with Gasteiger partial charge in [-0.25, -0.2) is 0 Å². The summed E-state index contributed by atoms with van der Waals surface area (Å²) in [6, 6.07) is 6.30. The van der Waals surface area contributed by atoms with Gasteiger partial charge in [-0.15, -0.1) is 34.2 Å². The van der Waals surface area contributed by atoms with Crippen LogP contribution in [0, 0.1) is 0 Å². The molecule has 30 heavy (non-hydrogen) atoms. The molecule has 1 fully saturated rings. The van der Waals surface area contributed by atoms with Crippen molar-refractivity contribution >= 4 is 35.6 Å². The summed E-state index contributed by atoms with van der Waals surface area (Å²) in [5.41, 5.74) is 1.10. The SMILES string of the molecule is CCc1nncn1CCNC(=NC)NC1CCN(c2cc(OC)cc(OC)c2)C1.I. The van der Waals surface area contributed by atoms with Gasteiger partial charge in [-0.1, -0.05) is 6.92 Å². The molecule has 2 heterocycles. The fourth-order valence-corrected chi connectivity index (χ4v) is 3.51. The molecule has 1 unspecified atom stereocenters. The van der Waals surface area contributed by atoms with E-state index < -0.39 is 0 Å². The Balaban J connectivity index is 0.00000320. The average Bonchev–Trinajstić information content (AvgIpc) is 3.41. The van der Waals surface area contributed by atoms with E-state index in [9.17, 15) is 0 Å². The fraction of sp³-hybridized carbons (Fsp3) is 0.550. The number of aromatic nitrogens is 3. The Bertz CT molecular complexity index is 805. The quantitative estimate of drug-likeness (QED) is 0.307. The summed E-state index contributed by atoms with van der Waals surface area (Å²) >= 11 is 0. The molecule has 0 bridgehead atoms. The monoisotopic (exact) mass is 529 g/mol. The second-order valence-electron chi connectivity index (χ2n) is 6.94. The number of hydrogen-bond acceptors (Lipinski definition) is 6. The van der Waals surface area contributed by atoms with Gasteiger partial charge in [0.15, 0.2) is 5.96 Å². The van der Waals surface area contributed by atoms with E-state index in [2.05, 4.69) is 42.2 Å². The van der Waals surface area contributed by atoms with Crippen molar-refractivity contribution in [2.45, 2.75) is 32.4 Å². The highest BCUT2D eigenvalue weighted by molar-refractivity contribution is 14.0. The van der Waals surface area contributed by atoms with Gasteiger partial charge < -0.3 is 29.6 Å². The van der Waals surface area contributed by atoms with E-state index in [-0.39, 0.29) is 24.0 Å². The van der Waals surface area contributed by atoms with Gasteiger partial charge in [-0.2, -0.15) is 0 Å². The first-order valence-corrected chi connectivity index (χ1v) is 9.98. The Labute approximate surface area is 195 Å². The molecular weight excluding hydrogens is 497 g/mol.